The van der Waals surface area contributed by atoms with Gasteiger partial charge >= 0.3 is 0 Å². The van der Waals surface area contributed by atoms with Crippen molar-refractivity contribution in [2.75, 3.05) is 5.01 Å². The summed E-state index contributed by atoms with van der Waals surface area (Å²) in [5.41, 5.74) is 3.31. The van der Waals surface area contributed by atoms with Crippen LogP contribution < -0.4 is 5.01 Å². The lowest BCUT2D eigenvalue weighted by atomic mass is 10.1. The molecule has 0 radical (unpaired) electrons. The average Bonchev–Trinajstić information content (AvgIpc) is 2.84. The van der Waals surface area contributed by atoms with Crippen LogP contribution in [0.15, 0.2) is 52.5 Å². The molecule has 0 saturated heterocycles. The molecule has 0 saturated carbocycles. The summed E-state index contributed by atoms with van der Waals surface area (Å²) < 4.78 is 0. The van der Waals surface area contributed by atoms with E-state index in [4.69, 9.17) is 0 Å². The number of anilines is 1. The number of fused-ring (bicyclic) bond motifs is 1. The minimum absolute atomic E-state index is 0.137. The third-order valence-corrected chi connectivity index (χ3v) is 4.65. The molecule has 2 aromatic rings. The maximum absolute atomic E-state index is 12.4. The van der Waals surface area contributed by atoms with Crippen molar-refractivity contribution in [3.05, 3.63) is 59.2 Å². The second-order valence-electron chi connectivity index (χ2n) is 5.45. The van der Waals surface area contributed by atoms with E-state index < -0.39 is 0 Å². The number of carbonyl (C=O) groups is 2. The Hall–Kier alpha value is -2.40. The number of hydrogen-bond acceptors (Lipinski definition) is 4. The van der Waals surface area contributed by atoms with Crippen molar-refractivity contribution in [3.63, 3.8) is 0 Å². The van der Waals surface area contributed by atoms with Crippen LogP contribution in [-0.4, -0.2) is 16.7 Å². The molecule has 1 aliphatic heterocycles. The molecule has 2 aromatic carbocycles. The zero-order valence-corrected chi connectivity index (χ0v) is 14.0. The van der Waals surface area contributed by atoms with Crippen LogP contribution >= 0.6 is 11.8 Å². The van der Waals surface area contributed by atoms with Crippen molar-refractivity contribution in [2.45, 2.75) is 25.7 Å². The summed E-state index contributed by atoms with van der Waals surface area (Å²) in [4.78, 5) is 25.4. The van der Waals surface area contributed by atoms with Crippen LogP contribution in [-0.2, 0) is 4.79 Å². The number of amides is 1. The van der Waals surface area contributed by atoms with Gasteiger partial charge in [0.25, 0.3) is 0 Å². The van der Waals surface area contributed by atoms with E-state index in [-0.39, 0.29) is 11.7 Å². The third-order valence-electron chi connectivity index (χ3n) is 3.61. The summed E-state index contributed by atoms with van der Waals surface area (Å²) in [5, 5.41) is 5.99. The van der Waals surface area contributed by atoms with Crippen LogP contribution in [0.4, 0.5) is 5.69 Å². The van der Waals surface area contributed by atoms with Crippen LogP contribution in [0.2, 0.25) is 0 Å². The lowest BCUT2D eigenvalue weighted by molar-refractivity contribution is -0.116. The van der Waals surface area contributed by atoms with Gasteiger partial charge in [-0.3, -0.25) is 9.59 Å². The molecule has 0 bridgehead atoms. The van der Waals surface area contributed by atoms with Crippen molar-refractivity contribution in [1.82, 2.24) is 0 Å². The fourth-order valence-corrected chi connectivity index (χ4v) is 3.36. The molecule has 0 atom stereocenters. The molecule has 1 heterocycles. The van der Waals surface area contributed by atoms with Crippen molar-refractivity contribution in [1.29, 1.82) is 0 Å². The number of hydrazone groups is 1. The fraction of sp³-hybridized carbons (Fsp3) is 0.167. The number of aryl methyl sites for hydroxylation is 2. The number of hydrogen-bond donors (Lipinski definition) is 0. The van der Waals surface area contributed by atoms with Crippen LogP contribution in [0.3, 0.4) is 0 Å². The first-order valence-electron chi connectivity index (χ1n) is 7.25. The van der Waals surface area contributed by atoms with E-state index >= 15 is 0 Å². The highest BCUT2D eigenvalue weighted by Gasteiger charge is 2.29. The lowest BCUT2D eigenvalue weighted by Crippen LogP contribution is -2.25. The molecule has 0 spiro atoms. The lowest BCUT2D eigenvalue weighted by Gasteiger charge is -2.18. The number of Topliss-reactive ketones (excluding diaryl/α,β-unsaturated/α-hetero) is 1. The Morgan fingerprint density at radius 3 is 2.57 bits per heavy atom. The molecular weight excluding hydrogens is 308 g/mol. The predicted molar refractivity (Wildman–Crippen MR) is 93.1 cm³/mol. The van der Waals surface area contributed by atoms with Crippen molar-refractivity contribution in [3.8, 4) is 0 Å². The van der Waals surface area contributed by atoms with Gasteiger partial charge in [-0.15, -0.1) is 0 Å². The van der Waals surface area contributed by atoms with Crippen LogP contribution in [0.5, 0.6) is 0 Å². The Labute approximate surface area is 139 Å². The number of benzene rings is 2. The number of thioether (sulfide) groups is 1. The molecule has 0 fully saturated rings. The predicted octanol–water partition coefficient (Wildman–Crippen LogP) is 3.96. The van der Waals surface area contributed by atoms with E-state index in [0.717, 1.165) is 16.0 Å². The first-order chi connectivity index (χ1) is 11.0. The van der Waals surface area contributed by atoms with E-state index in [9.17, 15) is 9.59 Å². The van der Waals surface area contributed by atoms with E-state index in [2.05, 4.69) is 5.10 Å². The molecule has 1 aliphatic rings. The van der Waals surface area contributed by atoms with Crippen molar-refractivity contribution in [2.24, 2.45) is 5.10 Å². The van der Waals surface area contributed by atoms with Gasteiger partial charge in [0, 0.05) is 17.4 Å². The summed E-state index contributed by atoms with van der Waals surface area (Å²) in [6.07, 6.45) is 0. The van der Waals surface area contributed by atoms with Gasteiger partial charge in [0.05, 0.1) is 5.69 Å². The Morgan fingerprint density at radius 2 is 1.87 bits per heavy atom. The van der Waals surface area contributed by atoms with Crippen molar-refractivity contribution < 1.29 is 9.59 Å². The molecule has 0 N–H and O–H groups in total. The molecule has 116 valence electrons. The molecule has 0 aromatic heterocycles. The average molecular weight is 324 g/mol. The van der Waals surface area contributed by atoms with E-state index in [1.807, 2.05) is 50.2 Å². The van der Waals surface area contributed by atoms with Gasteiger partial charge in [0.15, 0.2) is 5.04 Å². The first-order valence-corrected chi connectivity index (χ1v) is 8.07. The Morgan fingerprint density at radius 1 is 1.13 bits per heavy atom. The number of nitrogens with zero attached hydrogens (tertiary/aromatic N) is 2. The quantitative estimate of drug-likeness (QED) is 0.786. The molecule has 0 aliphatic carbocycles. The molecule has 4 nitrogen and oxygen atoms in total. The van der Waals surface area contributed by atoms with Crippen LogP contribution in [0.1, 0.15) is 28.4 Å². The third kappa shape index (κ3) is 2.92. The maximum atomic E-state index is 12.4. The Balaban J connectivity index is 2.03. The van der Waals surface area contributed by atoms with Crippen molar-refractivity contribution >= 4 is 34.2 Å². The van der Waals surface area contributed by atoms with Gasteiger partial charge in [0.2, 0.25) is 11.7 Å². The number of rotatable bonds is 2. The van der Waals surface area contributed by atoms with E-state index in [0.29, 0.717) is 16.3 Å². The van der Waals surface area contributed by atoms with E-state index in [1.165, 1.54) is 23.7 Å². The highest BCUT2D eigenvalue weighted by atomic mass is 32.2. The summed E-state index contributed by atoms with van der Waals surface area (Å²) >= 11 is 1.30. The van der Waals surface area contributed by atoms with Gasteiger partial charge in [-0.2, -0.15) is 10.1 Å². The smallest absolute Gasteiger partial charge is 0.244 e. The maximum Gasteiger partial charge on any atom is 0.244 e. The molecular formula is C18H16N2O2S. The molecule has 23 heavy (non-hydrogen) atoms. The molecule has 0 unspecified atom stereocenters. The Bertz CT molecular complexity index is 843. The topological polar surface area (TPSA) is 49.7 Å². The minimum Gasteiger partial charge on any atom is -0.286 e. The molecule has 3 rings (SSSR count). The first kappa shape index (κ1) is 15.5. The second-order valence-corrected chi connectivity index (χ2v) is 6.48. The minimum atomic E-state index is -0.226. The van der Waals surface area contributed by atoms with Crippen LogP contribution in [0.25, 0.3) is 0 Å². The van der Waals surface area contributed by atoms with Crippen LogP contribution in [0, 0.1) is 13.8 Å². The monoisotopic (exact) mass is 324 g/mol. The van der Waals surface area contributed by atoms with E-state index in [1.54, 1.807) is 6.07 Å². The standard InChI is InChI=1S/C18H16N2O2S/c1-11-8-9-12(2)15(10-11)20(13(3)21)19-18-17(22)14-6-4-5-7-16(14)23-18/h4-10H,1-3H3/b19-18+. The number of ketones is 1. The normalized spacial score (nSPS) is 14.9. The highest BCUT2D eigenvalue weighted by Crippen LogP contribution is 2.34. The van der Waals surface area contributed by atoms with Gasteiger partial charge in [-0.25, -0.2) is 0 Å². The van der Waals surface area contributed by atoms with Gasteiger partial charge in [0.1, 0.15) is 0 Å². The summed E-state index contributed by atoms with van der Waals surface area (Å²) in [6, 6.07) is 13.2. The summed E-state index contributed by atoms with van der Waals surface area (Å²) in [5.74, 6) is -0.363. The summed E-state index contributed by atoms with van der Waals surface area (Å²) in [7, 11) is 0. The van der Waals surface area contributed by atoms with Gasteiger partial charge in [-0.1, -0.05) is 36.0 Å². The molecule has 5 heteroatoms. The zero-order valence-electron chi connectivity index (χ0n) is 13.2. The highest BCUT2D eigenvalue weighted by molar-refractivity contribution is 8.16. The van der Waals surface area contributed by atoms with Gasteiger partial charge in [-0.05, 0) is 43.2 Å². The second kappa shape index (κ2) is 6.01. The summed E-state index contributed by atoms with van der Waals surface area (Å²) in [6.45, 7) is 5.33. The largest absolute Gasteiger partial charge is 0.286 e. The molecule has 1 amide bonds. The number of carbonyl (C=O) groups excluding carboxylic acids is 2. The van der Waals surface area contributed by atoms with Gasteiger partial charge < -0.3 is 0 Å². The zero-order chi connectivity index (χ0) is 16.6. The SMILES string of the molecule is CC(=O)N(/N=C1/Sc2ccccc2C1=O)c1cc(C)ccc1C. The fourth-order valence-electron chi connectivity index (χ4n) is 2.41. The Kier molecular flexibility index (Phi) is 4.05.